The molecule has 26 heavy (non-hydrogen) atoms. The van der Waals surface area contributed by atoms with Crippen LogP contribution in [-0.4, -0.2) is 42.6 Å². The maximum atomic E-state index is 5.16. The lowest BCUT2D eigenvalue weighted by Crippen LogP contribution is -2.08. The molecule has 2 aromatic carbocycles. The summed E-state index contributed by atoms with van der Waals surface area (Å²) in [7, 11) is 5.64. The Balaban J connectivity index is 1.68. The predicted molar refractivity (Wildman–Crippen MR) is 104 cm³/mol. The molecular weight excluding hydrogens is 328 g/mol. The highest BCUT2D eigenvalue weighted by Crippen LogP contribution is 2.20. The number of methoxy groups -OCH3 is 1. The second-order valence-corrected chi connectivity index (χ2v) is 5.75. The number of hydrazone groups is 1. The summed E-state index contributed by atoms with van der Waals surface area (Å²) in [6.45, 7) is 0. The van der Waals surface area contributed by atoms with Gasteiger partial charge in [0.25, 0.3) is 5.95 Å². The summed E-state index contributed by atoms with van der Waals surface area (Å²) in [4.78, 5) is 6.47. The third-order valence-corrected chi connectivity index (χ3v) is 3.73. The lowest BCUT2D eigenvalue weighted by Gasteiger charge is -2.11. The molecule has 0 spiro atoms. The van der Waals surface area contributed by atoms with Gasteiger partial charge in [0, 0.05) is 25.3 Å². The fourth-order valence-electron chi connectivity index (χ4n) is 2.27. The van der Waals surface area contributed by atoms with Crippen molar-refractivity contribution in [1.29, 1.82) is 0 Å². The lowest BCUT2D eigenvalue weighted by atomic mass is 10.1. The van der Waals surface area contributed by atoms with Gasteiger partial charge in [-0.05, 0) is 42.0 Å². The Labute approximate surface area is 152 Å². The van der Waals surface area contributed by atoms with Crippen LogP contribution in [0.2, 0.25) is 0 Å². The first kappa shape index (κ1) is 17.3. The normalized spacial score (nSPS) is 10.7. The van der Waals surface area contributed by atoms with Crippen LogP contribution in [0.1, 0.15) is 5.56 Å². The van der Waals surface area contributed by atoms with Crippen LogP contribution in [0.3, 0.4) is 0 Å². The minimum Gasteiger partial charge on any atom is -0.497 e. The molecule has 0 aliphatic heterocycles. The second kappa shape index (κ2) is 8.06. The number of rotatable bonds is 6. The maximum Gasteiger partial charge on any atom is 0.263 e. The number of hydrogen-bond donors (Lipinski definition) is 1. The highest BCUT2D eigenvalue weighted by molar-refractivity contribution is 5.80. The van der Waals surface area contributed by atoms with E-state index in [0.717, 1.165) is 22.6 Å². The van der Waals surface area contributed by atoms with Gasteiger partial charge in [-0.15, -0.1) is 5.10 Å². The molecule has 1 aromatic heterocycles. The monoisotopic (exact) mass is 348 g/mol. The fourth-order valence-corrected chi connectivity index (χ4v) is 2.27. The number of nitrogens with one attached hydrogen (secondary N) is 1. The molecule has 0 saturated carbocycles. The van der Waals surface area contributed by atoms with Gasteiger partial charge in [-0.25, -0.2) is 10.4 Å². The average molecular weight is 348 g/mol. The first-order chi connectivity index (χ1) is 12.7. The smallest absolute Gasteiger partial charge is 0.263 e. The Morgan fingerprint density at radius 2 is 1.77 bits per heavy atom. The van der Waals surface area contributed by atoms with Gasteiger partial charge in [-0.3, -0.25) is 0 Å². The van der Waals surface area contributed by atoms with E-state index in [0.29, 0.717) is 11.6 Å². The molecular formula is C19H20N6O. The van der Waals surface area contributed by atoms with E-state index in [1.165, 1.54) is 0 Å². The molecule has 0 bridgehead atoms. The van der Waals surface area contributed by atoms with Gasteiger partial charge in [0.05, 0.1) is 25.2 Å². The molecule has 0 aliphatic rings. The van der Waals surface area contributed by atoms with E-state index in [2.05, 4.69) is 25.7 Å². The zero-order valence-electron chi connectivity index (χ0n) is 14.9. The first-order valence-corrected chi connectivity index (χ1v) is 8.06. The van der Waals surface area contributed by atoms with Crippen molar-refractivity contribution in [2.45, 2.75) is 0 Å². The van der Waals surface area contributed by atoms with Crippen LogP contribution in [0.5, 0.6) is 5.75 Å². The van der Waals surface area contributed by atoms with Gasteiger partial charge in [-0.1, -0.05) is 12.1 Å². The second-order valence-electron chi connectivity index (χ2n) is 5.75. The summed E-state index contributed by atoms with van der Waals surface area (Å²) in [6.07, 6.45) is 3.32. The van der Waals surface area contributed by atoms with Crippen LogP contribution in [0.25, 0.3) is 11.3 Å². The number of aromatic nitrogens is 3. The Kier molecular flexibility index (Phi) is 5.38. The molecule has 0 fully saturated rings. The molecule has 132 valence electrons. The van der Waals surface area contributed by atoms with Crippen molar-refractivity contribution >= 4 is 17.9 Å². The van der Waals surface area contributed by atoms with Crippen molar-refractivity contribution in [1.82, 2.24) is 15.2 Å². The van der Waals surface area contributed by atoms with Gasteiger partial charge >= 0.3 is 0 Å². The summed E-state index contributed by atoms with van der Waals surface area (Å²) in [5.41, 5.74) is 6.55. The van der Waals surface area contributed by atoms with Crippen molar-refractivity contribution in [3.05, 3.63) is 60.3 Å². The summed E-state index contributed by atoms with van der Waals surface area (Å²) >= 11 is 0. The Bertz CT molecular complexity index is 875. The zero-order valence-corrected chi connectivity index (χ0v) is 14.9. The molecule has 0 amide bonds. The predicted octanol–water partition coefficient (Wildman–Crippen LogP) is 3.06. The number of anilines is 2. The molecule has 7 heteroatoms. The average Bonchev–Trinajstić information content (AvgIpc) is 2.69. The van der Waals surface area contributed by atoms with Crippen molar-refractivity contribution in [2.24, 2.45) is 5.10 Å². The third-order valence-electron chi connectivity index (χ3n) is 3.73. The summed E-state index contributed by atoms with van der Waals surface area (Å²) in [5, 5.41) is 12.1. The lowest BCUT2D eigenvalue weighted by molar-refractivity contribution is 0.415. The van der Waals surface area contributed by atoms with Crippen LogP contribution >= 0.6 is 0 Å². The first-order valence-electron chi connectivity index (χ1n) is 8.06. The summed E-state index contributed by atoms with van der Waals surface area (Å²) < 4.78 is 5.16. The molecule has 0 atom stereocenters. The molecule has 0 saturated heterocycles. The number of hydrogen-bond acceptors (Lipinski definition) is 7. The van der Waals surface area contributed by atoms with E-state index in [1.807, 2.05) is 67.5 Å². The quantitative estimate of drug-likeness (QED) is 0.545. The minimum absolute atomic E-state index is 0.333. The molecule has 3 aromatic rings. The van der Waals surface area contributed by atoms with E-state index in [9.17, 15) is 0 Å². The Morgan fingerprint density at radius 3 is 2.42 bits per heavy atom. The third kappa shape index (κ3) is 4.32. The molecule has 0 aliphatic carbocycles. The van der Waals surface area contributed by atoms with Crippen molar-refractivity contribution < 1.29 is 4.74 Å². The number of ether oxygens (including phenoxy) is 1. The van der Waals surface area contributed by atoms with Gasteiger partial charge in [0.2, 0.25) is 0 Å². The summed E-state index contributed by atoms with van der Waals surface area (Å²) in [6, 6.07) is 15.6. The van der Waals surface area contributed by atoms with Gasteiger partial charge in [-0.2, -0.15) is 10.2 Å². The Hall–Kier alpha value is -3.48. The molecule has 1 heterocycles. The highest BCUT2D eigenvalue weighted by Gasteiger charge is 2.03. The summed E-state index contributed by atoms with van der Waals surface area (Å²) in [5.74, 6) is 1.12. The Morgan fingerprint density at radius 1 is 1.04 bits per heavy atom. The van der Waals surface area contributed by atoms with E-state index < -0.39 is 0 Å². The van der Waals surface area contributed by atoms with Gasteiger partial charge in [0.1, 0.15) is 5.75 Å². The van der Waals surface area contributed by atoms with E-state index >= 15 is 0 Å². The molecule has 1 N–H and O–H groups in total. The standard InChI is InChI=1S/C19H20N6O/c1-25(2)16-8-4-14(5-9-16)12-20-23-19-22-18(13-21-24-19)15-6-10-17(26-3)11-7-15/h4-13H,1-3H3,(H,22,23,24)/b20-12-. The van der Waals surface area contributed by atoms with E-state index in [1.54, 1.807) is 19.5 Å². The van der Waals surface area contributed by atoms with Crippen LogP contribution in [-0.2, 0) is 0 Å². The van der Waals surface area contributed by atoms with Crippen LogP contribution < -0.4 is 15.1 Å². The van der Waals surface area contributed by atoms with Gasteiger partial charge < -0.3 is 9.64 Å². The fraction of sp³-hybridized carbons (Fsp3) is 0.158. The zero-order chi connectivity index (χ0) is 18.4. The number of benzene rings is 2. The molecule has 3 rings (SSSR count). The SMILES string of the molecule is COc1ccc(-c2cnnc(N/N=C\c3ccc(N(C)C)cc3)n2)cc1. The molecule has 0 unspecified atom stereocenters. The van der Waals surface area contributed by atoms with Crippen LogP contribution in [0.4, 0.5) is 11.6 Å². The number of nitrogens with zero attached hydrogens (tertiary/aromatic N) is 5. The van der Waals surface area contributed by atoms with Crippen molar-refractivity contribution in [3.8, 4) is 17.0 Å². The molecule has 7 nitrogen and oxygen atoms in total. The van der Waals surface area contributed by atoms with Crippen LogP contribution in [0.15, 0.2) is 59.8 Å². The van der Waals surface area contributed by atoms with Gasteiger partial charge in [0.15, 0.2) is 0 Å². The van der Waals surface area contributed by atoms with Crippen molar-refractivity contribution in [3.63, 3.8) is 0 Å². The highest BCUT2D eigenvalue weighted by atomic mass is 16.5. The van der Waals surface area contributed by atoms with E-state index in [-0.39, 0.29) is 0 Å². The largest absolute Gasteiger partial charge is 0.497 e. The van der Waals surface area contributed by atoms with E-state index in [4.69, 9.17) is 4.74 Å². The topological polar surface area (TPSA) is 75.5 Å². The van der Waals surface area contributed by atoms with Crippen LogP contribution in [0, 0.1) is 0 Å². The van der Waals surface area contributed by atoms with Crippen molar-refractivity contribution in [2.75, 3.05) is 31.5 Å². The maximum absolute atomic E-state index is 5.16. The minimum atomic E-state index is 0.333. The molecule has 0 radical (unpaired) electrons.